The van der Waals surface area contributed by atoms with Crippen LogP contribution < -0.4 is 9.47 Å². The van der Waals surface area contributed by atoms with Crippen LogP contribution in [0.25, 0.3) is 0 Å². The van der Waals surface area contributed by atoms with Crippen molar-refractivity contribution in [3.63, 3.8) is 0 Å². The lowest BCUT2D eigenvalue weighted by molar-refractivity contribution is -0.385. The zero-order valence-corrected chi connectivity index (χ0v) is 13.6. The average molecular weight is 363 g/mol. The second-order valence-electron chi connectivity index (χ2n) is 5.11. The Balaban J connectivity index is 1.83. The van der Waals surface area contributed by atoms with Gasteiger partial charge < -0.3 is 23.4 Å². The fraction of sp³-hybridized carbons (Fsp3) is 0.250. The number of carbonyl (C=O) groups is 2. The second kappa shape index (κ2) is 7.13. The van der Waals surface area contributed by atoms with E-state index in [0.29, 0.717) is 0 Å². The third kappa shape index (κ3) is 3.29. The van der Waals surface area contributed by atoms with E-state index in [4.69, 9.17) is 18.6 Å². The monoisotopic (exact) mass is 363 g/mol. The third-order valence-electron chi connectivity index (χ3n) is 3.55. The molecule has 0 fully saturated rings. The molecule has 26 heavy (non-hydrogen) atoms. The van der Waals surface area contributed by atoms with Gasteiger partial charge in [0.2, 0.25) is 5.76 Å². The van der Waals surface area contributed by atoms with E-state index >= 15 is 0 Å². The number of hydrogen-bond acceptors (Lipinski definition) is 9. The van der Waals surface area contributed by atoms with Crippen LogP contribution in [-0.2, 0) is 16.1 Å². The molecular weight excluding hydrogens is 350 g/mol. The quantitative estimate of drug-likeness (QED) is 0.445. The molecule has 1 aromatic heterocycles. The molecule has 3 rings (SSSR count). The Morgan fingerprint density at radius 1 is 1.19 bits per heavy atom. The highest BCUT2D eigenvalue weighted by atomic mass is 16.6. The van der Waals surface area contributed by atoms with Crippen LogP contribution in [0, 0.1) is 10.1 Å². The maximum absolute atomic E-state index is 12.3. The van der Waals surface area contributed by atoms with Crippen molar-refractivity contribution in [3.8, 4) is 11.5 Å². The topological polar surface area (TPSA) is 127 Å². The van der Waals surface area contributed by atoms with Crippen LogP contribution in [0.4, 0.5) is 5.69 Å². The summed E-state index contributed by atoms with van der Waals surface area (Å²) in [6, 6.07) is 3.74. The molecule has 2 heterocycles. The van der Waals surface area contributed by atoms with Gasteiger partial charge in [-0.2, -0.15) is 0 Å². The van der Waals surface area contributed by atoms with Crippen LogP contribution in [-0.4, -0.2) is 37.2 Å². The Bertz CT molecular complexity index is 871. The number of ether oxygens (including phenoxy) is 4. The van der Waals surface area contributed by atoms with Crippen LogP contribution in [0.1, 0.15) is 26.5 Å². The first-order valence-corrected chi connectivity index (χ1v) is 7.41. The molecule has 1 aliphatic rings. The number of nitro groups is 1. The minimum Gasteiger partial charge on any atom is -0.486 e. The molecule has 136 valence electrons. The van der Waals surface area contributed by atoms with E-state index in [0.717, 1.165) is 6.07 Å². The number of esters is 2. The first-order valence-electron chi connectivity index (χ1n) is 7.41. The molecule has 0 saturated heterocycles. The summed E-state index contributed by atoms with van der Waals surface area (Å²) in [6.07, 6.45) is 1.24. The van der Waals surface area contributed by atoms with Gasteiger partial charge in [0.15, 0.2) is 11.5 Å². The Labute approximate surface area is 146 Å². The smallest absolute Gasteiger partial charge is 0.374 e. The molecule has 0 amide bonds. The molecule has 10 nitrogen and oxygen atoms in total. The van der Waals surface area contributed by atoms with E-state index in [2.05, 4.69) is 4.74 Å². The van der Waals surface area contributed by atoms with Crippen LogP contribution >= 0.6 is 0 Å². The number of furan rings is 1. The van der Waals surface area contributed by atoms with E-state index in [1.807, 2.05) is 0 Å². The maximum atomic E-state index is 12.3. The number of nitrogens with zero attached hydrogens (tertiary/aromatic N) is 1. The lowest BCUT2D eigenvalue weighted by Crippen LogP contribution is -2.17. The van der Waals surface area contributed by atoms with Gasteiger partial charge in [-0.1, -0.05) is 0 Å². The van der Waals surface area contributed by atoms with E-state index in [1.54, 1.807) is 0 Å². The normalized spacial score (nSPS) is 12.3. The molecule has 0 N–H and O–H groups in total. The molecule has 0 aliphatic carbocycles. The summed E-state index contributed by atoms with van der Waals surface area (Å²) in [7, 11) is 1.18. The number of benzene rings is 1. The zero-order chi connectivity index (χ0) is 18.7. The largest absolute Gasteiger partial charge is 0.486 e. The van der Waals surface area contributed by atoms with Crippen molar-refractivity contribution in [1.82, 2.24) is 0 Å². The van der Waals surface area contributed by atoms with Crippen molar-refractivity contribution in [2.45, 2.75) is 6.61 Å². The number of nitro benzene ring substituents is 1. The summed E-state index contributed by atoms with van der Waals surface area (Å²) >= 11 is 0. The van der Waals surface area contributed by atoms with Gasteiger partial charge in [0.25, 0.3) is 5.69 Å². The van der Waals surface area contributed by atoms with Gasteiger partial charge >= 0.3 is 11.9 Å². The first kappa shape index (κ1) is 17.3. The fourth-order valence-corrected chi connectivity index (χ4v) is 2.33. The summed E-state index contributed by atoms with van der Waals surface area (Å²) < 4.78 is 25.2. The molecule has 0 atom stereocenters. The molecule has 10 heteroatoms. The summed E-state index contributed by atoms with van der Waals surface area (Å²) in [5.74, 6) is -1.40. The third-order valence-corrected chi connectivity index (χ3v) is 3.55. The minimum atomic E-state index is -0.953. The molecule has 2 aromatic rings. The lowest BCUT2D eigenvalue weighted by Gasteiger charge is -2.18. The average Bonchev–Trinajstić information content (AvgIpc) is 3.12. The summed E-state index contributed by atoms with van der Waals surface area (Å²) in [5, 5.41) is 11.3. The highest BCUT2D eigenvalue weighted by molar-refractivity contribution is 5.95. The van der Waals surface area contributed by atoms with Gasteiger partial charge in [-0.15, -0.1) is 0 Å². The van der Waals surface area contributed by atoms with E-state index < -0.39 is 22.5 Å². The van der Waals surface area contributed by atoms with Gasteiger partial charge in [0, 0.05) is 11.6 Å². The summed E-state index contributed by atoms with van der Waals surface area (Å²) in [4.78, 5) is 34.4. The Hall–Kier alpha value is -3.56. The predicted octanol–water partition coefficient (Wildman–Crippen LogP) is 2.10. The fourth-order valence-electron chi connectivity index (χ4n) is 2.33. The van der Waals surface area contributed by atoms with Gasteiger partial charge in [-0.25, -0.2) is 9.59 Å². The number of carbonyl (C=O) groups excluding carboxylic acids is 2. The molecule has 0 spiro atoms. The highest BCUT2D eigenvalue weighted by Gasteiger charge is 2.28. The van der Waals surface area contributed by atoms with E-state index in [9.17, 15) is 19.7 Å². The molecule has 1 aliphatic heterocycles. The number of methoxy groups -OCH3 is 1. The van der Waals surface area contributed by atoms with Crippen molar-refractivity contribution in [2.75, 3.05) is 20.3 Å². The van der Waals surface area contributed by atoms with Gasteiger partial charge in [0.05, 0.1) is 24.4 Å². The Morgan fingerprint density at radius 3 is 2.54 bits per heavy atom. The summed E-state index contributed by atoms with van der Waals surface area (Å²) in [5.41, 5.74) is -0.493. The highest BCUT2D eigenvalue weighted by Crippen LogP contribution is 2.37. The molecule has 0 radical (unpaired) electrons. The van der Waals surface area contributed by atoms with E-state index in [-0.39, 0.29) is 48.2 Å². The summed E-state index contributed by atoms with van der Waals surface area (Å²) in [6.45, 7) is 0.187. The SMILES string of the molecule is COC(=O)c1occc1COC(=O)c1cc2c(cc1[N+](=O)[O-])OCCO2. The number of fused-ring (bicyclic) bond motifs is 1. The van der Waals surface area contributed by atoms with Crippen molar-refractivity contribution in [1.29, 1.82) is 0 Å². The lowest BCUT2D eigenvalue weighted by atomic mass is 10.1. The van der Waals surface area contributed by atoms with Gasteiger partial charge in [0.1, 0.15) is 25.4 Å². The number of hydrogen-bond donors (Lipinski definition) is 0. The van der Waals surface area contributed by atoms with Crippen molar-refractivity contribution < 1.29 is 37.9 Å². The maximum Gasteiger partial charge on any atom is 0.374 e. The van der Waals surface area contributed by atoms with Crippen molar-refractivity contribution in [3.05, 3.63) is 51.5 Å². The van der Waals surface area contributed by atoms with Crippen LogP contribution in [0.3, 0.4) is 0 Å². The van der Waals surface area contributed by atoms with Crippen LogP contribution in [0.15, 0.2) is 28.9 Å². The molecule has 0 saturated carbocycles. The van der Waals surface area contributed by atoms with E-state index in [1.165, 1.54) is 25.5 Å². The zero-order valence-electron chi connectivity index (χ0n) is 13.6. The molecule has 0 unspecified atom stereocenters. The molecule has 0 bridgehead atoms. The second-order valence-corrected chi connectivity index (χ2v) is 5.11. The minimum absolute atomic E-state index is 0.114. The Kier molecular flexibility index (Phi) is 4.74. The first-order chi connectivity index (χ1) is 12.5. The number of rotatable bonds is 5. The molecule has 1 aromatic carbocycles. The predicted molar refractivity (Wildman–Crippen MR) is 83.3 cm³/mol. The van der Waals surface area contributed by atoms with Crippen molar-refractivity contribution >= 4 is 17.6 Å². The van der Waals surface area contributed by atoms with Gasteiger partial charge in [-0.05, 0) is 6.07 Å². The molecular formula is C16H13NO9. The standard InChI is InChI=1S/C16H13NO9/c1-22-16(19)14-9(2-3-25-14)8-26-15(18)10-6-12-13(24-5-4-23-12)7-11(10)17(20)21/h2-3,6-7H,4-5,8H2,1H3. The van der Waals surface area contributed by atoms with Crippen molar-refractivity contribution in [2.24, 2.45) is 0 Å². The van der Waals surface area contributed by atoms with Crippen LogP contribution in [0.5, 0.6) is 11.5 Å². The Morgan fingerprint density at radius 2 is 1.88 bits per heavy atom. The van der Waals surface area contributed by atoms with Crippen LogP contribution in [0.2, 0.25) is 0 Å². The van der Waals surface area contributed by atoms with Gasteiger partial charge in [-0.3, -0.25) is 10.1 Å².